The number of nitrogens with zero attached hydrogens (tertiary/aromatic N) is 5. The van der Waals surface area contributed by atoms with Crippen LogP contribution in [0.1, 0.15) is 29.8 Å². The maximum Gasteiger partial charge on any atom is 0.416 e. The van der Waals surface area contributed by atoms with Crippen LogP contribution in [0.3, 0.4) is 0 Å². The molecule has 0 spiro atoms. The maximum atomic E-state index is 13.7. The van der Waals surface area contributed by atoms with Crippen LogP contribution in [0.4, 0.5) is 18.9 Å². The van der Waals surface area contributed by atoms with Gasteiger partial charge in [-0.3, -0.25) is 13.9 Å². The normalized spacial score (nSPS) is 12.4. The Morgan fingerprint density at radius 2 is 1.76 bits per heavy atom. The summed E-state index contributed by atoms with van der Waals surface area (Å²) < 4.78 is 43.7. The smallest absolute Gasteiger partial charge is 0.394 e. The Morgan fingerprint density at radius 1 is 1.08 bits per heavy atom. The van der Waals surface area contributed by atoms with Gasteiger partial charge in [0.1, 0.15) is 0 Å². The van der Waals surface area contributed by atoms with Crippen molar-refractivity contribution in [2.75, 3.05) is 6.61 Å². The Morgan fingerprint density at radius 3 is 2.35 bits per heavy atom. The van der Waals surface area contributed by atoms with Crippen LogP contribution in [-0.2, 0) is 6.18 Å². The average Bonchev–Trinajstić information content (AvgIpc) is 3.24. The van der Waals surface area contributed by atoms with Gasteiger partial charge in [-0.15, -0.1) is 0 Å². The van der Waals surface area contributed by atoms with Gasteiger partial charge in [-0.25, -0.2) is 14.3 Å². The minimum absolute atomic E-state index is 0.0431. The summed E-state index contributed by atoms with van der Waals surface area (Å²) >= 11 is 0. The van der Waals surface area contributed by atoms with E-state index in [9.17, 15) is 27.9 Å². The van der Waals surface area contributed by atoms with E-state index in [1.807, 2.05) is 0 Å². The molecule has 0 saturated heterocycles. The van der Waals surface area contributed by atoms with Crippen molar-refractivity contribution in [3.8, 4) is 22.6 Å². The topological polar surface area (TPSA) is 86.4 Å². The third-order valence-corrected chi connectivity index (χ3v) is 6.08. The number of benzene rings is 2. The van der Waals surface area contributed by atoms with Crippen molar-refractivity contribution in [2.24, 2.45) is 0 Å². The van der Waals surface area contributed by atoms with E-state index in [4.69, 9.17) is 6.57 Å². The van der Waals surface area contributed by atoms with E-state index in [0.29, 0.717) is 22.6 Å². The summed E-state index contributed by atoms with van der Waals surface area (Å²) in [6.07, 6.45) is -3.12. The molecule has 37 heavy (non-hydrogen) atoms. The Kier molecular flexibility index (Phi) is 6.62. The second-order valence-corrected chi connectivity index (χ2v) is 8.55. The summed E-state index contributed by atoms with van der Waals surface area (Å²) in [5.41, 5.74) is -0.623. The number of alkyl halides is 3. The number of aliphatic hydroxyl groups is 1. The highest BCUT2D eigenvalue weighted by Gasteiger charge is 2.31. The van der Waals surface area contributed by atoms with E-state index in [-0.39, 0.29) is 16.9 Å². The summed E-state index contributed by atoms with van der Waals surface area (Å²) in [5.74, 6) is 0. The first-order valence-electron chi connectivity index (χ1n) is 11.2. The van der Waals surface area contributed by atoms with Gasteiger partial charge in [-0.05, 0) is 56.7 Å². The van der Waals surface area contributed by atoms with Crippen molar-refractivity contribution in [1.82, 2.24) is 18.9 Å². The van der Waals surface area contributed by atoms with Crippen LogP contribution in [-0.4, -0.2) is 30.6 Å². The fourth-order valence-electron chi connectivity index (χ4n) is 4.19. The highest BCUT2D eigenvalue weighted by Crippen LogP contribution is 2.32. The molecule has 2 aromatic heterocycles. The van der Waals surface area contributed by atoms with E-state index >= 15 is 0 Å². The highest BCUT2D eigenvalue weighted by atomic mass is 19.4. The molecule has 0 radical (unpaired) electrons. The lowest BCUT2D eigenvalue weighted by atomic mass is 10.1. The molecule has 4 rings (SSSR count). The zero-order chi connectivity index (χ0) is 27.1. The van der Waals surface area contributed by atoms with Crippen LogP contribution in [0.5, 0.6) is 0 Å². The van der Waals surface area contributed by atoms with Crippen LogP contribution in [0.25, 0.3) is 27.5 Å². The van der Waals surface area contributed by atoms with Gasteiger partial charge in [0.25, 0.3) is 5.56 Å². The molecule has 0 bridgehead atoms. The third-order valence-electron chi connectivity index (χ3n) is 6.08. The van der Waals surface area contributed by atoms with Crippen molar-refractivity contribution in [2.45, 2.75) is 33.0 Å². The molecule has 0 aliphatic heterocycles. The molecule has 1 N–H and O–H groups in total. The highest BCUT2D eigenvalue weighted by molar-refractivity contribution is 5.68. The molecule has 1 atom stereocenters. The van der Waals surface area contributed by atoms with Crippen molar-refractivity contribution >= 4 is 5.69 Å². The van der Waals surface area contributed by atoms with Gasteiger partial charge in [-0.1, -0.05) is 18.2 Å². The average molecular weight is 509 g/mol. The lowest BCUT2D eigenvalue weighted by Crippen LogP contribution is -2.44. The number of aryl methyl sites for hydroxylation is 1. The zero-order valence-corrected chi connectivity index (χ0v) is 20.1. The van der Waals surface area contributed by atoms with E-state index in [1.165, 1.54) is 36.9 Å². The van der Waals surface area contributed by atoms with Gasteiger partial charge in [0.2, 0.25) is 0 Å². The van der Waals surface area contributed by atoms with Gasteiger partial charge in [0.15, 0.2) is 5.69 Å². The zero-order valence-electron chi connectivity index (χ0n) is 20.1. The van der Waals surface area contributed by atoms with Gasteiger partial charge in [0, 0.05) is 5.69 Å². The van der Waals surface area contributed by atoms with E-state index in [2.05, 4.69) is 9.94 Å². The first-order valence-corrected chi connectivity index (χ1v) is 11.2. The summed E-state index contributed by atoms with van der Waals surface area (Å²) in [6, 6.07) is 9.78. The number of aliphatic hydroxyl groups excluding tert-OH is 1. The summed E-state index contributed by atoms with van der Waals surface area (Å²) in [6.45, 7) is 11.3. The molecule has 0 aliphatic rings. The molecule has 0 aliphatic carbocycles. The largest absolute Gasteiger partial charge is 0.416 e. The van der Waals surface area contributed by atoms with Crippen molar-refractivity contribution in [3.63, 3.8) is 0 Å². The first-order chi connectivity index (χ1) is 17.5. The summed E-state index contributed by atoms with van der Waals surface area (Å²) in [7, 11) is 0. The Balaban J connectivity index is 2.10. The monoisotopic (exact) mass is 509 g/mol. The number of hydrogen-bond acceptors (Lipinski definition) is 4. The van der Waals surface area contributed by atoms with E-state index < -0.39 is 35.6 Å². The Bertz CT molecular complexity index is 1640. The molecule has 2 heterocycles. The standard InChI is InChI=1S/C26H22F3N5O3/c1-15-13-31-34(20-10-8-19(30-4)9-11-20)23(15)22-17(3)33(25(37)32(24(22)36)16(2)14-35)21-7-5-6-18(12-21)26(27,28)29/h5-13,16,35H,14H2,1-3H3/t16-/m1/s1. The predicted molar refractivity (Wildman–Crippen MR) is 131 cm³/mol. The predicted octanol–water partition coefficient (Wildman–Crippen LogP) is 4.59. The molecule has 0 fully saturated rings. The fourth-order valence-corrected chi connectivity index (χ4v) is 4.19. The van der Waals surface area contributed by atoms with Crippen molar-refractivity contribution in [3.05, 3.63) is 104 Å². The Labute approximate surface area is 209 Å². The Hall–Kier alpha value is -4.43. The molecule has 2 aromatic carbocycles. The molecular formula is C26H22F3N5O3. The van der Waals surface area contributed by atoms with Gasteiger partial charge in [0.05, 0.1) is 53.6 Å². The molecular weight excluding hydrogens is 487 g/mol. The van der Waals surface area contributed by atoms with Crippen LogP contribution >= 0.6 is 0 Å². The quantitative estimate of drug-likeness (QED) is 0.399. The molecule has 190 valence electrons. The number of aromatic nitrogens is 4. The number of halogens is 3. The maximum absolute atomic E-state index is 13.7. The molecule has 0 unspecified atom stereocenters. The van der Waals surface area contributed by atoms with Crippen LogP contribution in [0, 0.1) is 20.4 Å². The summed E-state index contributed by atoms with van der Waals surface area (Å²) in [5, 5.41) is 14.1. The van der Waals surface area contributed by atoms with E-state index in [1.54, 1.807) is 31.2 Å². The second kappa shape index (κ2) is 9.55. The van der Waals surface area contributed by atoms with E-state index in [0.717, 1.165) is 21.3 Å². The lowest BCUT2D eigenvalue weighted by Gasteiger charge is -2.21. The SMILES string of the molecule is [C-]#[N+]c1ccc(-n2ncc(C)c2-c2c(C)n(-c3cccc(C(F)(F)F)c3)c(=O)n([C@H](C)CO)c2=O)cc1. The molecule has 4 aromatic rings. The molecule has 0 amide bonds. The molecule has 11 heteroatoms. The van der Waals surface area contributed by atoms with Gasteiger partial charge < -0.3 is 5.11 Å². The molecule has 8 nitrogen and oxygen atoms in total. The van der Waals surface area contributed by atoms with Crippen LogP contribution < -0.4 is 11.2 Å². The van der Waals surface area contributed by atoms with Crippen molar-refractivity contribution < 1.29 is 18.3 Å². The van der Waals surface area contributed by atoms with Crippen molar-refractivity contribution in [1.29, 1.82) is 0 Å². The van der Waals surface area contributed by atoms with Crippen LogP contribution in [0.15, 0.2) is 64.3 Å². The first kappa shape index (κ1) is 25.7. The third kappa shape index (κ3) is 4.47. The van der Waals surface area contributed by atoms with Gasteiger partial charge in [-0.2, -0.15) is 18.3 Å². The van der Waals surface area contributed by atoms with Crippen LogP contribution in [0.2, 0.25) is 0 Å². The number of hydrogen-bond donors (Lipinski definition) is 1. The minimum atomic E-state index is -4.64. The molecule has 0 saturated carbocycles. The summed E-state index contributed by atoms with van der Waals surface area (Å²) in [4.78, 5) is 30.6. The lowest BCUT2D eigenvalue weighted by molar-refractivity contribution is -0.137. The fraction of sp³-hybridized carbons (Fsp3) is 0.231. The number of rotatable bonds is 5. The van der Waals surface area contributed by atoms with Gasteiger partial charge >= 0.3 is 11.9 Å². The second-order valence-electron chi connectivity index (χ2n) is 8.55. The minimum Gasteiger partial charge on any atom is -0.394 e.